The van der Waals surface area contributed by atoms with Gasteiger partial charge >= 0.3 is 17.9 Å². The second-order valence-corrected chi connectivity index (χ2v) is 18.1. The number of hydrogen-bond acceptors (Lipinski definition) is 6. The second kappa shape index (κ2) is 53.5. The average Bonchev–Trinajstić information content (AvgIpc) is 3.30. The molecule has 6 nitrogen and oxygen atoms in total. The smallest absolute Gasteiger partial charge is 0.306 e. The van der Waals surface area contributed by atoms with Gasteiger partial charge in [-0.25, -0.2) is 0 Å². The lowest BCUT2D eigenvalue weighted by Crippen LogP contribution is -2.30. The van der Waals surface area contributed by atoms with E-state index in [2.05, 4.69) is 93.7 Å². The zero-order valence-electron chi connectivity index (χ0n) is 42.7. The Balaban J connectivity index is 4.39. The highest BCUT2D eigenvalue weighted by Gasteiger charge is 2.19. The lowest BCUT2D eigenvalue weighted by Gasteiger charge is -2.18. The minimum atomic E-state index is -0.789. The fourth-order valence-corrected chi connectivity index (χ4v) is 7.56. The van der Waals surface area contributed by atoms with Crippen LogP contribution in [0.3, 0.4) is 0 Å². The molecule has 0 aliphatic rings. The van der Waals surface area contributed by atoms with Gasteiger partial charge in [0.25, 0.3) is 0 Å². The third kappa shape index (κ3) is 51.7. The first-order chi connectivity index (χ1) is 32.0. The van der Waals surface area contributed by atoms with Crippen LogP contribution in [-0.4, -0.2) is 37.2 Å². The molecular formula is C59H102O6. The highest BCUT2D eigenvalue weighted by atomic mass is 16.6. The predicted molar refractivity (Wildman–Crippen MR) is 279 cm³/mol. The number of hydrogen-bond donors (Lipinski definition) is 0. The summed E-state index contributed by atoms with van der Waals surface area (Å²) < 4.78 is 16.8. The molecule has 0 heterocycles. The van der Waals surface area contributed by atoms with Crippen LogP contribution in [0.25, 0.3) is 0 Å². The van der Waals surface area contributed by atoms with E-state index in [9.17, 15) is 14.4 Å². The van der Waals surface area contributed by atoms with Crippen molar-refractivity contribution >= 4 is 17.9 Å². The van der Waals surface area contributed by atoms with Crippen molar-refractivity contribution in [2.24, 2.45) is 0 Å². The molecule has 0 amide bonds. The van der Waals surface area contributed by atoms with Crippen LogP contribution >= 0.6 is 0 Å². The third-order valence-electron chi connectivity index (χ3n) is 11.7. The summed E-state index contributed by atoms with van der Waals surface area (Å²) in [5, 5.41) is 0. The summed E-state index contributed by atoms with van der Waals surface area (Å²) in [7, 11) is 0. The summed E-state index contributed by atoms with van der Waals surface area (Å²) in [6.07, 6.45) is 67.4. The number of unbranched alkanes of at least 4 members (excludes halogenated alkanes) is 27. The van der Waals surface area contributed by atoms with Gasteiger partial charge in [0.1, 0.15) is 13.2 Å². The summed E-state index contributed by atoms with van der Waals surface area (Å²) in [5.74, 6) is -0.916. The monoisotopic (exact) mass is 907 g/mol. The third-order valence-corrected chi connectivity index (χ3v) is 11.7. The van der Waals surface area contributed by atoms with E-state index in [0.29, 0.717) is 19.3 Å². The van der Waals surface area contributed by atoms with Crippen LogP contribution in [0.1, 0.15) is 265 Å². The molecular weight excluding hydrogens is 805 g/mol. The first-order valence-corrected chi connectivity index (χ1v) is 27.5. The zero-order chi connectivity index (χ0) is 47.2. The largest absolute Gasteiger partial charge is 0.462 e. The number of rotatable bonds is 49. The highest BCUT2D eigenvalue weighted by molar-refractivity contribution is 5.71. The fraction of sp³-hybridized carbons (Fsp3) is 0.746. The molecule has 1 unspecified atom stereocenters. The fourth-order valence-electron chi connectivity index (χ4n) is 7.56. The van der Waals surface area contributed by atoms with Crippen molar-refractivity contribution in [1.82, 2.24) is 0 Å². The molecule has 65 heavy (non-hydrogen) atoms. The molecule has 0 aliphatic carbocycles. The first kappa shape index (κ1) is 61.9. The predicted octanol–water partition coefficient (Wildman–Crippen LogP) is 18.2. The van der Waals surface area contributed by atoms with Crippen molar-refractivity contribution in [3.8, 4) is 0 Å². The van der Waals surface area contributed by atoms with E-state index in [-0.39, 0.29) is 31.1 Å². The van der Waals surface area contributed by atoms with Crippen LogP contribution in [0, 0.1) is 0 Å². The van der Waals surface area contributed by atoms with Gasteiger partial charge in [0.15, 0.2) is 6.10 Å². The molecule has 0 rings (SSSR count). The minimum Gasteiger partial charge on any atom is -0.462 e. The van der Waals surface area contributed by atoms with Gasteiger partial charge in [-0.05, 0) is 103 Å². The maximum Gasteiger partial charge on any atom is 0.306 e. The van der Waals surface area contributed by atoms with Gasteiger partial charge in [0.2, 0.25) is 0 Å². The van der Waals surface area contributed by atoms with Crippen LogP contribution in [0.15, 0.2) is 72.9 Å². The first-order valence-electron chi connectivity index (χ1n) is 27.5. The SMILES string of the molecule is CC/C=C\C/C=C\C/C=C\CCCCCCCCCCCC(=O)OCC(COC(=O)CCCCC/C=C\CCCCCCCC)OC(=O)CCCCCCCC/C=C\C=C/CCCCC. The second-order valence-electron chi connectivity index (χ2n) is 18.1. The molecule has 6 heteroatoms. The number of carbonyl (C=O) groups is 3. The van der Waals surface area contributed by atoms with Crippen molar-refractivity contribution in [1.29, 1.82) is 0 Å². The molecule has 0 aromatic heterocycles. The molecule has 1 atom stereocenters. The summed E-state index contributed by atoms with van der Waals surface area (Å²) in [6, 6.07) is 0. The Morgan fingerprint density at radius 1 is 0.338 bits per heavy atom. The lowest BCUT2D eigenvalue weighted by atomic mass is 10.1. The molecule has 0 aliphatic heterocycles. The maximum atomic E-state index is 12.8. The Kier molecular flexibility index (Phi) is 50.9. The Hall–Kier alpha value is -3.15. The van der Waals surface area contributed by atoms with E-state index in [1.54, 1.807) is 0 Å². The van der Waals surface area contributed by atoms with Crippen LogP contribution in [0.2, 0.25) is 0 Å². The Labute approximate surface area is 402 Å². The molecule has 0 saturated heterocycles. The lowest BCUT2D eigenvalue weighted by molar-refractivity contribution is -0.167. The normalized spacial score (nSPS) is 12.6. The van der Waals surface area contributed by atoms with Crippen molar-refractivity contribution < 1.29 is 28.6 Å². The van der Waals surface area contributed by atoms with E-state index in [0.717, 1.165) is 103 Å². The van der Waals surface area contributed by atoms with Gasteiger partial charge < -0.3 is 14.2 Å². The Morgan fingerprint density at radius 2 is 0.646 bits per heavy atom. The van der Waals surface area contributed by atoms with Crippen molar-refractivity contribution in [3.63, 3.8) is 0 Å². The van der Waals surface area contributed by atoms with Crippen molar-refractivity contribution in [3.05, 3.63) is 72.9 Å². The summed E-state index contributed by atoms with van der Waals surface area (Å²) in [5.41, 5.74) is 0. The van der Waals surface area contributed by atoms with Gasteiger partial charge in [0.05, 0.1) is 0 Å². The highest BCUT2D eigenvalue weighted by Crippen LogP contribution is 2.15. The molecule has 0 fully saturated rings. The minimum absolute atomic E-state index is 0.0875. The molecule has 0 radical (unpaired) electrons. The Bertz CT molecular complexity index is 1230. The summed E-state index contributed by atoms with van der Waals surface area (Å²) in [6.45, 7) is 6.47. The number of allylic oxidation sites excluding steroid dienone is 12. The van der Waals surface area contributed by atoms with Crippen LogP contribution in [0.4, 0.5) is 0 Å². The molecule has 0 spiro atoms. The quantitative estimate of drug-likeness (QED) is 0.0199. The topological polar surface area (TPSA) is 78.9 Å². The number of carbonyl (C=O) groups excluding carboxylic acids is 3. The van der Waals surface area contributed by atoms with Crippen LogP contribution < -0.4 is 0 Å². The van der Waals surface area contributed by atoms with E-state index in [4.69, 9.17) is 14.2 Å². The Morgan fingerprint density at radius 3 is 1.09 bits per heavy atom. The van der Waals surface area contributed by atoms with Gasteiger partial charge in [-0.1, -0.05) is 216 Å². The van der Waals surface area contributed by atoms with E-state index < -0.39 is 6.10 Å². The zero-order valence-corrected chi connectivity index (χ0v) is 42.7. The number of ether oxygens (including phenoxy) is 3. The standard InChI is InChI=1S/C59H102O6/c1-4-7-10-13-16-19-22-25-27-28-29-30-32-34-37-40-43-46-49-52-58(61)64-55-56(54-63-57(60)51-48-45-42-39-36-33-24-21-18-15-12-9-6-3)65-59(62)53-50-47-44-41-38-35-31-26-23-20-17-14-11-8-5-2/h7,10,16-17,19-20,23,25-27,33,36,56H,4-6,8-9,11-15,18,21-22,24,28-32,34-35,37-55H2,1-3H3/b10-7-,19-16-,20-17-,26-23-,27-25-,36-33-. The van der Waals surface area contributed by atoms with Gasteiger partial charge in [-0.3, -0.25) is 14.4 Å². The molecule has 0 bridgehead atoms. The molecule has 0 N–H and O–H groups in total. The summed E-state index contributed by atoms with van der Waals surface area (Å²) in [4.78, 5) is 38.1. The molecule has 0 aromatic carbocycles. The maximum absolute atomic E-state index is 12.8. The van der Waals surface area contributed by atoms with E-state index >= 15 is 0 Å². The van der Waals surface area contributed by atoms with Crippen molar-refractivity contribution in [2.45, 2.75) is 271 Å². The van der Waals surface area contributed by atoms with Gasteiger partial charge in [-0.2, -0.15) is 0 Å². The van der Waals surface area contributed by atoms with E-state index in [1.165, 1.54) is 122 Å². The number of esters is 3. The molecule has 374 valence electrons. The van der Waals surface area contributed by atoms with Gasteiger partial charge in [-0.15, -0.1) is 0 Å². The average molecular weight is 907 g/mol. The molecule has 0 aromatic rings. The molecule has 0 saturated carbocycles. The van der Waals surface area contributed by atoms with E-state index in [1.807, 2.05) is 0 Å². The van der Waals surface area contributed by atoms with Crippen LogP contribution in [-0.2, 0) is 28.6 Å². The summed E-state index contributed by atoms with van der Waals surface area (Å²) >= 11 is 0. The van der Waals surface area contributed by atoms with Crippen molar-refractivity contribution in [2.75, 3.05) is 13.2 Å². The van der Waals surface area contributed by atoms with Gasteiger partial charge in [0, 0.05) is 19.3 Å². The van der Waals surface area contributed by atoms with Crippen LogP contribution in [0.5, 0.6) is 0 Å².